The molecule has 0 aliphatic carbocycles. The minimum Gasteiger partial charge on any atom is -0.375 e. The second-order valence-electron chi connectivity index (χ2n) is 4.03. The quantitative estimate of drug-likeness (QED) is 0.839. The first-order valence-electron chi connectivity index (χ1n) is 5.80. The molecular weight excluding hydrogens is 246 g/mol. The van der Waals surface area contributed by atoms with Crippen LogP contribution in [0, 0.1) is 25.2 Å². The Balaban J connectivity index is 1.82. The fourth-order valence-electron chi connectivity index (χ4n) is 1.71. The zero-order valence-electron chi connectivity index (χ0n) is 10.5. The molecule has 18 heavy (non-hydrogen) atoms. The van der Waals surface area contributed by atoms with Gasteiger partial charge in [0.1, 0.15) is 22.5 Å². The molecule has 0 radical (unpaired) electrons. The SMILES string of the molecule is Cc1nsc(NCCCn2ccnc2C)c1C#N. The number of hydrogen-bond donors (Lipinski definition) is 1. The summed E-state index contributed by atoms with van der Waals surface area (Å²) >= 11 is 1.35. The van der Waals surface area contributed by atoms with E-state index in [-0.39, 0.29) is 0 Å². The van der Waals surface area contributed by atoms with Crippen LogP contribution in [0.15, 0.2) is 12.4 Å². The van der Waals surface area contributed by atoms with Crippen molar-refractivity contribution in [3.05, 3.63) is 29.5 Å². The lowest BCUT2D eigenvalue weighted by atomic mass is 10.3. The molecule has 2 aromatic heterocycles. The number of imidazole rings is 1. The van der Waals surface area contributed by atoms with Gasteiger partial charge in [-0.15, -0.1) is 0 Å². The van der Waals surface area contributed by atoms with Gasteiger partial charge in [-0.1, -0.05) is 0 Å². The number of nitrogens with zero attached hydrogens (tertiary/aromatic N) is 4. The standard InChI is InChI=1S/C12H15N5S/c1-9-11(8-13)12(18-16-9)15-4-3-6-17-7-5-14-10(17)2/h5,7,15H,3-4,6H2,1-2H3. The molecule has 0 unspecified atom stereocenters. The van der Waals surface area contributed by atoms with E-state index in [2.05, 4.69) is 25.3 Å². The van der Waals surface area contributed by atoms with Gasteiger partial charge < -0.3 is 9.88 Å². The fourth-order valence-corrected chi connectivity index (χ4v) is 2.48. The molecule has 0 fully saturated rings. The van der Waals surface area contributed by atoms with E-state index >= 15 is 0 Å². The zero-order valence-corrected chi connectivity index (χ0v) is 11.3. The number of aryl methyl sites for hydroxylation is 3. The Kier molecular flexibility index (Phi) is 3.95. The van der Waals surface area contributed by atoms with Crippen LogP contribution in [-0.4, -0.2) is 20.5 Å². The van der Waals surface area contributed by atoms with Crippen molar-refractivity contribution in [1.29, 1.82) is 5.26 Å². The largest absolute Gasteiger partial charge is 0.375 e. The van der Waals surface area contributed by atoms with E-state index in [4.69, 9.17) is 5.26 Å². The number of nitrogens with one attached hydrogen (secondary N) is 1. The van der Waals surface area contributed by atoms with Gasteiger partial charge in [-0.05, 0) is 31.8 Å². The zero-order chi connectivity index (χ0) is 13.0. The van der Waals surface area contributed by atoms with Crippen molar-refractivity contribution in [3.8, 4) is 6.07 Å². The summed E-state index contributed by atoms with van der Waals surface area (Å²) in [6.07, 6.45) is 4.77. The van der Waals surface area contributed by atoms with Crippen molar-refractivity contribution < 1.29 is 0 Å². The summed E-state index contributed by atoms with van der Waals surface area (Å²) in [6.45, 7) is 5.61. The van der Waals surface area contributed by atoms with E-state index in [1.54, 1.807) is 0 Å². The number of nitriles is 1. The summed E-state index contributed by atoms with van der Waals surface area (Å²) in [6, 6.07) is 2.18. The van der Waals surface area contributed by atoms with Crippen molar-refractivity contribution in [2.24, 2.45) is 0 Å². The highest BCUT2D eigenvalue weighted by molar-refractivity contribution is 7.10. The first kappa shape index (κ1) is 12.6. The van der Waals surface area contributed by atoms with Crippen LogP contribution >= 0.6 is 11.5 Å². The lowest BCUT2D eigenvalue weighted by Crippen LogP contribution is -2.07. The summed E-state index contributed by atoms with van der Waals surface area (Å²) < 4.78 is 6.29. The molecule has 0 atom stereocenters. The van der Waals surface area contributed by atoms with Crippen molar-refractivity contribution in [1.82, 2.24) is 13.9 Å². The van der Waals surface area contributed by atoms with Gasteiger partial charge in [0.2, 0.25) is 0 Å². The van der Waals surface area contributed by atoms with E-state index in [0.717, 1.165) is 36.0 Å². The minimum atomic E-state index is 0.666. The molecule has 6 heteroatoms. The smallest absolute Gasteiger partial charge is 0.127 e. The third-order valence-electron chi connectivity index (χ3n) is 2.76. The molecule has 0 bridgehead atoms. The van der Waals surface area contributed by atoms with Gasteiger partial charge in [0.05, 0.1) is 5.69 Å². The second-order valence-corrected chi connectivity index (χ2v) is 4.81. The Bertz CT molecular complexity index is 563. The Morgan fingerprint density at radius 1 is 1.50 bits per heavy atom. The van der Waals surface area contributed by atoms with Gasteiger partial charge in [-0.25, -0.2) is 4.98 Å². The third kappa shape index (κ3) is 2.68. The molecule has 1 N–H and O–H groups in total. The van der Waals surface area contributed by atoms with Crippen LogP contribution in [0.2, 0.25) is 0 Å². The van der Waals surface area contributed by atoms with Crippen molar-refractivity contribution in [2.45, 2.75) is 26.8 Å². The average Bonchev–Trinajstić information content (AvgIpc) is 2.91. The number of hydrogen-bond acceptors (Lipinski definition) is 5. The first-order chi connectivity index (χ1) is 8.72. The summed E-state index contributed by atoms with van der Waals surface area (Å²) in [4.78, 5) is 4.18. The van der Waals surface area contributed by atoms with Crippen molar-refractivity contribution >= 4 is 16.5 Å². The second kappa shape index (κ2) is 5.65. The number of rotatable bonds is 5. The average molecular weight is 261 g/mol. The number of aromatic nitrogens is 3. The molecule has 0 spiro atoms. The first-order valence-corrected chi connectivity index (χ1v) is 6.57. The molecule has 2 heterocycles. The van der Waals surface area contributed by atoms with Gasteiger partial charge in [0, 0.05) is 25.5 Å². The predicted molar refractivity (Wildman–Crippen MR) is 71.6 cm³/mol. The van der Waals surface area contributed by atoms with Crippen LogP contribution in [0.1, 0.15) is 23.5 Å². The Morgan fingerprint density at radius 2 is 2.33 bits per heavy atom. The maximum Gasteiger partial charge on any atom is 0.127 e. The molecule has 0 aliphatic heterocycles. The van der Waals surface area contributed by atoms with Gasteiger partial charge in [0.15, 0.2) is 0 Å². The van der Waals surface area contributed by atoms with E-state index in [1.807, 2.05) is 26.2 Å². The fraction of sp³-hybridized carbons (Fsp3) is 0.417. The van der Waals surface area contributed by atoms with Gasteiger partial charge in [0.25, 0.3) is 0 Å². The Labute approximate surface area is 110 Å². The number of anilines is 1. The monoisotopic (exact) mass is 261 g/mol. The van der Waals surface area contributed by atoms with E-state index in [0.29, 0.717) is 5.56 Å². The predicted octanol–water partition coefficient (Wildman–Crippen LogP) is 2.33. The lowest BCUT2D eigenvalue weighted by Gasteiger charge is -2.06. The molecule has 94 valence electrons. The highest BCUT2D eigenvalue weighted by Gasteiger charge is 2.08. The summed E-state index contributed by atoms with van der Waals surface area (Å²) in [5, 5.41) is 13.1. The van der Waals surface area contributed by atoms with Crippen LogP contribution < -0.4 is 5.32 Å². The maximum absolute atomic E-state index is 9.00. The molecule has 0 saturated heterocycles. The Morgan fingerprint density at radius 3 is 3.00 bits per heavy atom. The molecular formula is C12H15N5S. The normalized spacial score (nSPS) is 10.3. The molecule has 0 amide bonds. The molecule has 0 aromatic carbocycles. The van der Waals surface area contributed by atoms with Crippen LogP contribution in [0.3, 0.4) is 0 Å². The van der Waals surface area contributed by atoms with Crippen LogP contribution in [0.4, 0.5) is 5.00 Å². The minimum absolute atomic E-state index is 0.666. The van der Waals surface area contributed by atoms with E-state index in [1.165, 1.54) is 11.5 Å². The van der Waals surface area contributed by atoms with Crippen molar-refractivity contribution in [3.63, 3.8) is 0 Å². The highest BCUT2D eigenvalue weighted by Crippen LogP contribution is 2.23. The molecule has 2 aromatic rings. The third-order valence-corrected chi connectivity index (χ3v) is 3.66. The van der Waals surface area contributed by atoms with Gasteiger partial charge >= 0.3 is 0 Å². The molecule has 0 aliphatic rings. The van der Waals surface area contributed by atoms with Gasteiger partial charge in [-0.2, -0.15) is 9.64 Å². The van der Waals surface area contributed by atoms with Crippen LogP contribution in [0.5, 0.6) is 0 Å². The van der Waals surface area contributed by atoms with Gasteiger partial charge in [-0.3, -0.25) is 0 Å². The van der Waals surface area contributed by atoms with E-state index < -0.39 is 0 Å². The van der Waals surface area contributed by atoms with Crippen molar-refractivity contribution in [2.75, 3.05) is 11.9 Å². The Hall–Kier alpha value is -1.87. The lowest BCUT2D eigenvalue weighted by molar-refractivity contribution is 0.643. The van der Waals surface area contributed by atoms with Crippen LogP contribution in [0.25, 0.3) is 0 Å². The van der Waals surface area contributed by atoms with E-state index in [9.17, 15) is 0 Å². The maximum atomic E-state index is 9.00. The summed E-state index contributed by atoms with van der Waals surface area (Å²) in [5.41, 5.74) is 1.47. The molecule has 0 saturated carbocycles. The molecule has 5 nitrogen and oxygen atoms in total. The topological polar surface area (TPSA) is 66.5 Å². The summed E-state index contributed by atoms with van der Waals surface area (Å²) in [7, 11) is 0. The molecule has 2 rings (SSSR count). The van der Waals surface area contributed by atoms with Crippen LogP contribution in [-0.2, 0) is 6.54 Å². The highest BCUT2D eigenvalue weighted by atomic mass is 32.1. The summed E-state index contributed by atoms with van der Waals surface area (Å²) in [5.74, 6) is 1.03.